The summed E-state index contributed by atoms with van der Waals surface area (Å²) in [5.74, 6) is 0.902. The molecule has 0 bridgehead atoms. The van der Waals surface area contributed by atoms with Gasteiger partial charge in [-0.3, -0.25) is 9.39 Å². The number of aromatic nitrogens is 3. The van der Waals surface area contributed by atoms with Crippen molar-refractivity contribution < 1.29 is 13.2 Å². The third-order valence-corrected chi connectivity index (χ3v) is 4.47. The number of rotatable bonds is 3. The Bertz CT molecular complexity index is 779. The van der Waals surface area contributed by atoms with Crippen molar-refractivity contribution in [2.75, 3.05) is 7.05 Å². The van der Waals surface area contributed by atoms with Gasteiger partial charge >= 0.3 is 6.18 Å². The minimum Gasteiger partial charge on any atom is -0.354 e. The molecule has 0 unspecified atom stereocenters. The number of guanidine groups is 1. The maximum atomic E-state index is 13.0. The monoisotopic (exact) mass is 374 g/mol. The van der Waals surface area contributed by atoms with Crippen molar-refractivity contribution in [2.24, 2.45) is 4.99 Å². The fourth-order valence-corrected chi connectivity index (χ4v) is 3.14. The van der Waals surface area contributed by atoms with Crippen LogP contribution < -0.4 is 10.6 Å². The first-order valence-corrected chi connectivity index (χ1v) is 8.34. The van der Waals surface area contributed by atoms with Crippen LogP contribution in [0.15, 0.2) is 17.3 Å². The summed E-state index contributed by atoms with van der Waals surface area (Å²) in [6, 6.07) is 1.22. The van der Waals surface area contributed by atoms with Crippen molar-refractivity contribution in [3.8, 4) is 0 Å². The lowest BCUT2D eigenvalue weighted by atomic mass is 10.2. The van der Waals surface area contributed by atoms with E-state index in [2.05, 4.69) is 25.8 Å². The van der Waals surface area contributed by atoms with Crippen molar-refractivity contribution in [1.29, 1.82) is 0 Å². The first-order chi connectivity index (χ1) is 11.9. The molecule has 0 atom stereocenters. The summed E-state index contributed by atoms with van der Waals surface area (Å²) in [5.41, 5.74) is -0.662. The van der Waals surface area contributed by atoms with Crippen LogP contribution in [0, 0.1) is 0 Å². The van der Waals surface area contributed by atoms with E-state index >= 15 is 0 Å². The summed E-state index contributed by atoms with van der Waals surface area (Å²) in [4.78, 5) is 4.14. The number of pyridine rings is 1. The van der Waals surface area contributed by atoms with E-state index < -0.39 is 11.7 Å². The molecule has 2 N–H and O–H groups in total. The first-order valence-electron chi connectivity index (χ1n) is 7.96. The second kappa shape index (κ2) is 7.07. The maximum Gasteiger partial charge on any atom is 0.417 e. The highest BCUT2D eigenvalue weighted by molar-refractivity contribution is 6.33. The van der Waals surface area contributed by atoms with E-state index in [4.69, 9.17) is 11.6 Å². The summed E-state index contributed by atoms with van der Waals surface area (Å²) in [7, 11) is 1.64. The molecule has 1 aliphatic carbocycles. The average molecular weight is 375 g/mol. The van der Waals surface area contributed by atoms with Crippen LogP contribution in [0.5, 0.6) is 0 Å². The molecule has 0 aliphatic heterocycles. The Morgan fingerprint density at radius 2 is 2.08 bits per heavy atom. The Hall–Kier alpha value is -2.03. The fraction of sp³-hybridized carbons (Fsp3) is 0.533. The minimum atomic E-state index is -4.49. The third-order valence-electron chi connectivity index (χ3n) is 4.19. The molecule has 0 amide bonds. The van der Waals surface area contributed by atoms with Crippen LogP contribution in [0.2, 0.25) is 5.02 Å². The largest absolute Gasteiger partial charge is 0.417 e. The second-order valence-electron chi connectivity index (χ2n) is 5.94. The smallest absolute Gasteiger partial charge is 0.354 e. The topological polar surface area (TPSA) is 66.6 Å². The van der Waals surface area contributed by atoms with Crippen LogP contribution in [0.25, 0.3) is 5.65 Å². The molecule has 0 spiro atoms. The van der Waals surface area contributed by atoms with Gasteiger partial charge in [0.15, 0.2) is 17.4 Å². The Labute approximate surface area is 147 Å². The zero-order valence-corrected chi connectivity index (χ0v) is 14.3. The molecule has 2 aromatic heterocycles. The van der Waals surface area contributed by atoms with Crippen LogP contribution in [0.4, 0.5) is 13.2 Å². The van der Waals surface area contributed by atoms with E-state index in [1.165, 1.54) is 17.2 Å². The number of halogens is 4. The van der Waals surface area contributed by atoms with Crippen molar-refractivity contribution in [2.45, 2.75) is 44.4 Å². The Kier molecular flexibility index (Phi) is 5.03. The molecule has 2 aromatic rings. The van der Waals surface area contributed by atoms with Crippen molar-refractivity contribution in [3.05, 3.63) is 28.7 Å². The Balaban J connectivity index is 1.77. The molecular weight excluding hydrogens is 357 g/mol. The van der Waals surface area contributed by atoms with Gasteiger partial charge in [0.2, 0.25) is 0 Å². The van der Waals surface area contributed by atoms with Gasteiger partial charge in [0.25, 0.3) is 0 Å². The molecule has 0 aromatic carbocycles. The molecule has 6 nitrogen and oxygen atoms in total. The van der Waals surface area contributed by atoms with Crippen LogP contribution in [0.3, 0.4) is 0 Å². The van der Waals surface area contributed by atoms with E-state index in [0.717, 1.165) is 25.1 Å². The Morgan fingerprint density at radius 3 is 2.72 bits per heavy atom. The number of hydrogen-bond donors (Lipinski definition) is 2. The highest BCUT2D eigenvalue weighted by Gasteiger charge is 2.32. The number of aliphatic imine (C=N–C) groups is 1. The fourth-order valence-electron chi connectivity index (χ4n) is 2.90. The summed E-state index contributed by atoms with van der Waals surface area (Å²) >= 11 is 5.91. The number of hydrogen-bond acceptors (Lipinski definition) is 3. The lowest BCUT2D eigenvalue weighted by Gasteiger charge is -2.16. The molecule has 1 fully saturated rings. The zero-order chi connectivity index (χ0) is 18.0. The van der Waals surface area contributed by atoms with Crippen LogP contribution in [0.1, 0.15) is 37.1 Å². The highest BCUT2D eigenvalue weighted by Crippen LogP contribution is 2.32. The molecule has 10 heteroatoms. The molecule has 1 saturated carbocycles. The molecule has 2 heterocycles. The van der Waals surface area contributed by atoms with E-state index in [1.807, 2.05) is 0 Å². The minimum absolute atomic E-state index is 0.0953. The van der Waals surface area contributed by atoms with Crippen LogP contribution in [-0.4, -0.2) is 33.6 Å². The van der Waals surface area contributed by atoms with E-state index in [1.54, 1.807) is 7.05 Å². The number of nitrogens with zero attached hydrogens (tertiary/aromatic N) is 4. The molecular formula is C15H18ClF3N6. The lowest BCUT2D eigenvalue weighted by molar-refractivity contribution is -0.137. The maximum absolute atomic E-state index is 13.0. The van der Waals surface area contributed by atoms with Crippen LogP contribution >= 0.6 is 11.6 Å². The summed E-state index contributed by atoms with van der Waals surface area (Å²) in [5, 5.41) is 14.1. The molecule has 1 aliphatic rings. The first kappa shape index (κ1) is 17.8. The van der Waals surface area contributed by atoms with Crippen molar-refractivity contribution >= 4 is 23.2 Å². The third kappa shape index (κ3) is 3.97. The summed E-state index contributed by atoms with van der Waals surface area (Å²) in [6.45, 7) is 0.172. The van der Waals surface area contributed by atoms with Gasteiger partial charge in [-0.2, -0.15) is 13.2 Å². The number of nitrogens with one attached hydrogen (secondary N) is 2. The van der Waals surface area contributed by atoms with Gasteiger partial charge in [0.1, 0.15) is 0 Å². The molecule has 3 rings (SSSR count). The highest BCUT2D eigenvalue weighted by atomic mass is 35.5. The Morgan fingerprint density at radius 1 is 1.36 bits per heavy atom. The average Bonchev–Trinajstić information content (AvgIpc) is 3.20. The van der Waals surface area contributed by atoms with E-state index in [0.29, 0.717) is 17.8 Å². The van der Waals surface area contributed by atoms with Gasteiger partial charge in [-0.1, -0.05) is 24.4 Å². The number of fused-ring (bicyclic) bond motifs is 1. The molecule has 0 radical (unpaired) electrons. The quantitative estimate of drug-likeness (QED) is 0.640. The lowest BCUT2D eigenvalue weighted by Crippen LogP contribution is -2.42. The predicted molar refractivity (Wildman–Crippen MR) is 88.6 cm³/mol. The van der Waals surface area contributed by atoms with Crippen molar-refractivity contribution in [3.63, 3.8) is 0 Å². The van der Waals surface area contributed by atoms with Gasteiger partial charge in [0, 0.05) is 19.3 Å². The van der Waals surface area contributed by atoms with Gasteiger partial charge in [0.05, 0.1) is 17.1 Å². The second-order valence-corrected chi connectivity index (χ2v) is 6.34. The molecule has 0 saturated heterocycles. The SMILES string of the molecule is CN=C(NCc1nnc2c(Cl)cc(C(F)(F)F)cn12)NC1CCCC1. The van der Waals surface area contributed by atoms with Gasteiger partial charge in [-0.25, -0.2) is 0 Å². The summed E-state index contributed by atoms with van der Waals surface area (Å²) < 4.78 is 40.2. The van der Waals surface area contributed by atoms with Gasteiger partial charge in [-0.05, 0) is 18.9 Å². The predicted octanol–water partition coefficient (Wildman–Crippen LogP) is 3.01. The normalized spacial score (nSPS) is 16.6. The standard InChI is InChI=1S/C15H18ClF3N6/c1-20-14(22-10-4-2-3-5-10)21-7-12-23-24-13-11(16)6-9(8-25(12)13)15(17,18)19/h6,8,10H,2-5,7H2,1H3,(H2,20,21,22). The van der Waals surface area contributed by atoms with Gasteiger partial charge < -0.3 is 10.6 Å². The molecule has 25 heavy (non-hydrogen) atoms. The van der Waals surface area contributed by atoms with E-state index in [9.17, 15) is 13.2 Å². The van der Waals surface area contributed by atoms with Crippen LogP contribution in [-0.2, 0) is 12.7 Å². The number of alkyl halides is 3. The zero-order valence-electron chi connectivity index (χ0n) is 13.6. The van der Waals surface area contributed by atoms with Gasteiger partial charge in [-0.15, -0.1) is 10.2 Å². The summed E-state index contributed by atoms with van der Waals surface area (Å²) in [6.07, 6.45) is 0.987. The van der Waals surface area contributed by atoms with Crippen molar-refractivity contribution in [1.82, 2.24) is 25.2 Å². The molecule has 136 valence electrons. The van der Waals surface area contributed by atoms with E-state index in [-0.39, 0.29) is 17.2 Å².